The van der Waals surface area contributed by atoms with E-state index in [4.69, 9.17) is 9.84 Å². The fourth-order valence-electron chi connectivity index (χ4n) is 5.56. The zero-order valence-electron chi connectivity index (χ0n) is 22.7. The smallest absolute Gasteiger partial charge is 0.330 e. The number of rotatable bonds is 12. The third-order valence-electron chi connectivity index (χ3n) is 8.24. The standard InChI is InChI=1S/C30H48O4/c1-8-30-25(6)24(5)27(31)20-26(30)17-19-29(7,34-30)18-11-15-22(3)13-9-12-21(2)14-10-16-23(4)28(32)33/h12,16,20,22,27,31H,8-11,13-15,17-19H2,1-7H3,(H,32,33). The van der Waals surface area contributed by atoms with Crippen LogP contribution < -0.4 is 0 Å². The first-order valence-corrected chi connectivity index (χ1v) is 13.3. The van der Waals surface area contributed by atoms with Crippen molar-refractivity contribution in [3.63, 3.8) is 0 Å². The van der Waals surface area contributed by atoms with Crippen LogP contribution in [0, 0.1) is 5.92 Å². The van der Waals surface area contributed by atoms with Gasteiger partial charge in [-0.3, -0.25) is 0 Å². The van der Waals surface area contributed by atoms with Gasteiger partial charge in [-0.2, -0.15) is 0 Å². The molecule has 2 N–H and O–H groups in total. The molecule has 1 aliphatic carbocycles. The molecule has 0 bridgehead atoms. The monoisotopic (exact) mass is 472 g/mol. The first kappa shape index (κ1) is 28.6. The number of allylic oxidation sites excluding steroid dienone is 3. The molecule has 0 aromatic carbocycles. The number of carbonyl (C=O) groups is 1. The second-order valence-electron chi connectivity index (χ2n) is 11.0. The van der Waals surface area contributed by atoms with Gasteiger partial charge in [0.25, 0.3) is 0 Å². The summed E-state index contributed by atoms with van der Waals surface area (Å²) in [5, 5.41) is 19.3. The summed E-state index contributed by atoms with van der Waals surface area (Å²) in [6, 6.07) is 0. The molecule has 1 heterocycles. The van der Waals surface area contributed by atoms with Crippen molar-refractivity contribution in [2.75, 3.05) is 0 Å². The number of ether oxygens (including phenoxy) is 1. The highest BCUT2D eigenvalue weighted by Gasteiger charge is 2.48. The molecule has 1 fully saturated rings. The molecule has 0 radical (unpaired) electrons. The molecule has 1 aliphatic heterocycles. The Bertz CT molecular complexity index is 846. The van der Waals surface area contributed by atoms with Crippen molar-refractivity contribution < 1.29 is 19.7 Å². The average Bonchev–Trinajstić information content (AvgIpc) is 2.78. The predicted molar refractivity (Wildman–Crippen MR) is 141 cm³/mol. The molecular weight excluding hydrogens is 424 g/mol. The highest BCUT2D eigenvalue weighted by Crippen LogP contribution is 2.50. The third-order valence-corrected chi connectivity index (χ3v) is 8.24. The lowest BCUT2D eigenvalue weighted by Crippen LogP contribution is -2.51. The number of hydrogen-bond donors (Lipinski definition) is 2. The Morgan fingerprint density at radius 1 is 1.24 bits per heavy atom. The summed E-state index contributed by atoms with van der Waals surface area (Å²) in [5.41, 5.74) is 4.84. The Balaban J connectivity index is 1.80. The lowest BCUT2D eigenvalue weighted by molar-refractivity contribution is -0.144. The fourth-order valence-corrected chi connectivity index (χ4v) is 5.56. The van der Waals surface area contributed by atoms with Gasteiger partial charge in [0.2, 0.25) is 0 Å². The Labute approximate surface area is 207 Å². The highest BCUT2D eigenvalue weighted by atomic mass is 16.5. The third kappa shape index (κ3) is 7.18. The maximum atomic E-state index is 10.9. The molecule has 1 saturated heterocycles. The molecule has 34 heavy (non-hydrogen) atoms. The van der Waals surface area contributed by atoms with Crippen LogP contribution in [0.2, 0.25) is 0 Å². The number of carboxylic acids is 1. The highest BCUT2D eigenvalue weighted by molar-refractivity contribution is 5.85. The van der Waals surface area contributed by atoms with Crippen LogP contribution in [0.3, 0.4) is 0 Å². The maximum absolute atomic E-state index is 10.9. The van der Waals surface area contributed by atoms with Gasteiger partial charge in [-0.15, -0.1) is 0 Å². The lowest BCUT2D eigenvalue weighted by Gasteiger charge is -2.51. The molecule has 4 heteroatoms. The summed E-state index contributed by atoms with van der Waals surface area (Å²) in [7, 11) is 0. The van der Waals surface area contributed by atoms with E-state index < -0.39 is 12.1 Å². The van der Waals surface area contributed by atoms with Crippen LogP contribution in [0.25, 0.3) is 0 Å². The Hall–Kier alpha value is -1.65. The molecule has 2 rings (SSSR count). The molecule has 0 saturated carbocycles. The minimum absolute atomic E-state index is 0.116. The van der Waals surface area contributed by atoms with Crippen LogP contribution in [0.1, 0.15) is 113 Å². The minimum atomic E-state index is -0.830. The summed E-state index contributed by atoms with van der Waals surface area (Å²) in [6.45, 7) is 14.8. The SMILES string of the molecule is CCC12OC(C)(CCCC(C)CCC=C(C)CCC=C(C)C(=O)O)CCC1=CC(O)C(C)=C2C. The normalized spacial score (nSPS) is 29.1. The van der Waals surface area contributed by atoms with Gasteiger partial charge in [0.15, 0.2) is 0 Å². The first-order chi connectivity index (χ1) is 15.9. The van der Waals surface area contributed by atoms with Crippen LogP contribution >= 0.6 is 0 Å². The second kappa shape index (κ2) is 12.4. The molecule has 0 spiro atoms. The van der Waals surface area contributed by atoms with Crippen LogP contribution in [0.4, 0.5) is 0 Å². The van der Waals surface area contributed by atoms with Gasteiger partial charge < -0.3 is 14.9 Å². The van der Waals surface area contributed by atoms with Gasteiger partial charge in [0, 0.05) is 5.57 Å². The summed E-state index contributed by atoms with van der Waals surface area (Å²) < 4.78 is 6.92. The second-order valence-corrected chi connectivity index (χ2v) is 11.0. The Kier molecular flexibility index (Phi) is 10.4. The van der Waals surface area contributed by atoms with Crippen molar-refractivity contribution in [2.24, 2.45) is 5.92 Å². The topological polar surface area (TPSA) is 66.8 Å². The van der Waals surface area contributed by atoms with Crippen molar-refractivity contribution in [2.45, 2.75) is 130 Å². The van der Waals surface area contributed by atoms with Crippen LogP contribution in [-0.4, -0.2) is 33.5 Å². The van der Waals surface area contributed by atoms with E-state index in [-0.39, 0.29) is 11.2 Å². The molecule has 4 nitrogen and oxygen atoms in total. The van der Waals surface area contributed by atoms with Gasteiger partial charge >= 0.3 is 5.97 Å². The van der Waals surface area contributed by atoms with E-state index >= 15 is 0 Å². The van der Waals surface area contributed by atoms with Crippen molar-refractivity contribution in [1.82, 2.24) is 0 Å². The number of carboxylic acid groups (broad SMARTS) is 1. The van der Waals surface area contributed by atoms with Crippen LogP contribution in [-0.2, 0) is 9.53 Å². The molecule has 0 amide bonds. The quantitative estimate of drug-likeness (QED) is 0.226. The Morgan fingerprint density at radius 3 is 2.59 bits per heavy atom. The molecule has 4 unspecified atom stereocenters. The fraction of sp³-hybridized carbons (Fsp3) is 0.700. The molecule has 4 atom stereocenters. The lowest BCUT2D eigenvalue weighted by atomic mass is 9.70. The summed E-state index contributed by atoms with van der Waals surface area (Å²) in [6.07, 6.45) is 16.1. The Morgan fingerprint density at radius 2 is 1.94 bits per heavy atom. The van der Waals surface area contributed by atoms with Crippen molar-refractivity contribution in [3.05, 3.63) is 46.1 Å². The number of aliphatic hydroxyl groups is 1. The maximum Gasteiger partial charge on any atom is 0.330 e. The number of hydrogen-bond acceptors (Lipinski definition) is 3. The number of aliphatic carboxylic acids is 1. The van der Waals surface area contributed by atoms with Crippen molar-refractivity contribution in [1.29, 1.82) is 0 Å². The summed E-state index contributed by atoms with van der Waals surface area (Å²) in [4.78, 5) is 10.9. The van der Waals surface area contributed by atoms with Gasteiger partial charge in [-0.1, -0.05) is 44.4 Å². The van der Waals surface area contributed by atoms with Crippen LogP contribution in [0.15, 0.2) is 46.1 Å². The molecule has 2 aliphatic rings. The zero-order valence-corrected chi connectivity index (χ0v) is 22.7. The largest absolute Gasteiger partial charge is 0.478 e. The van der Waals surface area contributed by atoms with E-state index in [0.717, 1.165) is 50.5 Å². The van der Waals surface area contributed by atoms with E-state index in [1.165, 1.54) is 36.0 Å². The van der Waals surface area contributed by atoms with Crippen molar-refractivity contribution in [3.8, 4) is 0 Å². The van der Waals surface area contributed by atoms with Gasteiger partial charge in [0.1, 0.15) is 5.60 Å². The minimum Gasteiger partial charge on any atom is -0.478 e. The van der Waals surface area contributed by atoms with E-state index in [1.54, 1.807) is 6.92 Å². The van der Waals surface area contributed by atoms with E-state index in [2.05, 4.69) is 40.7 Å². The molecule has 0 aromatic rings. The summed E-state index contributed by atoms with van der Waals surface area (Å²) in [5.74, 6) is -0.154. The molecular formula is C30H48O4. The van der Waals surface area contributed by atoms with E-state index in [9.17, 15) is 9.90 Å². The van der Waals surface area contributed by atoms with Gasteiger partial charge in [-0.05, 0) is 115 Å². The van der Waals surface area contributed by atoms with E-state index in [0.29, 0.717) is 11.5 Å². The number of aliphatic hydroxyl groups excluding tert-OH is 1. The first-order valence-electron chi connectivity index (χ1n) is 13.3. The van der Waals surface area contributed by atoms with Crippen LogP contribution in [0.5, 0.6) is 0 Å². The molecule has 192 valence electrons. The predicted octanol–water partition coefficient (Wildman–Crippen LogP) is 7.69. The van der Waals surface area contributed by atoms with E-state index in [1.807, 2.05) is 19.1 Å². The van der Waals surface area contributed by atoms with Gasteiger partial charge in [-0.25, -0.2) is 4.79 Å². The average molecular weight is 473 g/mol. The number of fused-ring (bicyclic) bond motifs is 1. The van der Waals surface area contributed by atoms with Gasteiger partial charge in [0.05, 0.1) is 11.7 Å². The summed E-state index contributed by atoms with van der Waals surface area (Å²) >= 11 is 0. The molecule has 0 aromatic heterocycles. The zero-order chi connectivity index (χ0) is 25.5. The van der Waals surface area contributed by atoms with Crippen molar-refractivity contribution >= 4 is 5.97 Å².